The molecule has 0 fully saturated rings. The Labute approximate surface area is 192 Å². The van der Waals surface area contributed by atoms with Gasteiger partial charge in [-0.2, -0.15) is 18.3 Å². The van der Waals surface area contributed by atoms with Gasteiger partial charge in [-0.3, -0.25) is 4.79 Å². The van der Waals surface area contributed by atoms with Crippen LogP contribution >= 0.6 is 0 Å². The van der Waals surface area contributed by atoms with Crippen molar-refractivity contribution in [1.82, 2.24) is 9.78 Å². The van der Waals surface area contributed by atoms with Crippen LogP contribution < -0.4 is 5.32 Å². The van der Waals surface area contributed by atoms with E-state index in [-0.39, 0.29) is 5.56 Å². The van der Waals surface area contributed by atoms with Crippen molar-refractivity contribution in [2.24, 2.45) is 0 Å². The SMILES string of the molecule is O=C(COC(=O)c1cn(-c2ccccc2)nc1-c1ccccc1)Nc1ccccc1C(F)(F)F. The minimum Gasteiger partial charge on any atom is -0.452 e. The lowest BCUT2D eigenvalue weighted by Gasteiger charge is -2.13. The second kappa shape index (κ2) is 9.62. The van der Waals surface area contributed by atoms with E-state index in [2.05, 4.69) is 10.4 Å². The normalized spacial score (nSPS) is 11.1. The largest absolute Gasteiger partial charge is 0.452 e. The standard InChI is InChI=1S/C25H18F3N3O3/c26-25(27,28)20-13-7-8-14-21(20)29-22(32)16-34-24(33)19-15-31(18-11-5-2-6-12-18)30-23(19)17-9-3-1-4-10-17/h1-15H,16H2,(H,29,32). The number of nitrogens with zero attached hydrogens (tertiary/aromatic N) is 2. The summed E-state index contributed by atoms with van der Waals surface area (Å²) in [6.45, 7) is -0.768. The summed E-state index contributed by atoms with van der Waals surface area (Å²) in [6, 6.07) is 22.6. The van der Waals surface area contributed by atoms with E-state index in [0.717, 1.165) is 12.1 Å². The van der Waals surface area contributed by atoms with Crippen LogP contribution in [0.3, 0.4) is 0 Å². The van der Waals surface area contributed by atoms with Crippen LogP contribution in [0.4, 0.5) is 18.9 Å². The maximum Gasteiger partial charge on any atom is 0.418 e. The Hall–Kier alpha value is -4.40. The molecular weight excluding hydrogens is 447 g/mol. The molecule has 0 saturated carbocycles. The zero-order valence-electron chi connectivity index (χ0n) is 17.6. The maximum atomic E-state index is 13.1. The smallest absolute Gasteiger partial charge is 0.418 e. The molecule has 0 radical (unpaired) electrons. The summed E-state index contributed by atoms with van der Waals surface area (Å²) >= 11 is 0. The highest BCUT2D eigenvalue weighted by Crippen LogP contribution is 2.34. The zero-order chi connectivity index (χ0) is 24.1. The minimum absolute atomic E-state index is 0.110. The Balaban J connectivity index is 1.53. The van der Waals surface area contributed by atoms with Gasteiger partial charge in [-0.15, -0.1) is 0 Å². The average molecular weight is 465 g/mol. The number of rotatable bonds is 6. The number of alkyl halides is 3. The van der Waals surface area contributed by atoms with Gasteiger partial charge in [0.25, 0.3) is 5.91 Å². The van der Waals surface area contributed by atoms with Crippen LogP contribution in [0, 0.1) is 0 Å². The molecule has 0 bridgehead atoms. The number of para-hydroxylation sites is 2. The predicted octanol–water partition coefficient (Wildman–Crippen LogP) is 5.35. The van der Waals surface area contributed by atoms with Gasteiger partial charge in [0.15, 0.2) is 6.61 Å². The van der Waals surface area contributed by atoms with E-state index >= 15 is 0 Å². The lowest BCUT2D eigenvalue weighted by atomic mass is 10.1. The van der Waals surface area contributed by atoms with Crippen molar-refractivity contribution < 1.29 is 27.5 Å². The number of amides is 1. The second-order valence-corrected chi connectivity index (χ2v) is 7.21. The van der Waals surface area contributed by atoms with Gasteiger partial charge in [-0.1, -0.05) is 60.7 Å². The van der Waals surface area contributed by atoms with Crippen LogP contribution in [0.15, 0.2) is 91.1 Å². The second-order valence-electron chi connectivity index (χ2n) is 7.21. The number of anilines is 1. The van der Waals surface area contributed by atoms with Crippen molar-refractivity contribution in [2.75, 3.05) is 11.9 Å². The molecule has 4 aromatic rings. The zero-order valence-corrected chi connectivity index (χ0v) is 17.6. The number of esters is 1. The monoisotopic (exact) mass is 465 g/mol. The first kappa shape index (κ1) is 22.8. The summed E-state index contributed by atoms with van der Waals surface area (Å²) in [5, 5.41) is 6.64. The number of ether oxygens (including phenoxy) is 1. The molecule has 1 N–H and O–H groups in total. The van der Waals surface area contributed by atoms with Gasteiger partial charge < -0.3 is 10.1 Å². The van der Waals surface area contributed by atoms with Gasteiger partial charge in [-0.05, 0) is 24.3 Å². The fraction of sp³-hybridized carbons (Fsp3) is 0.0800. The van der Waals surface area contributed by atoms with E-state index in [4.69, 9.17) is 4.74 Å². The molecule has 4 rings (SSSR count). The number of carbonyl (C=O) groups is 2. The van der Waals surface area contributed by atoms with E-state index in [9.17, 15) is 22.8 Å². The lowest BCUT2D eigenvalue weighted by Crippen LogP contribution is -2.22. The summed E-state index contributed by atoms with van der Waals surface area (Å²) in [5.74, 6) is -1.73. The highest BCUT2D eigenvalue weighted by atomic mass is 19.4. The molecule has 1 amide bonds. The number of carbonyl (C=O) groups excluding carboxylic acids is 2. The molecule has 9 heteroatoms. The number of hydrogen-bond acceptors (Lipinski definition) is 4. The van der Waals surface area contributed by atoms with E-state index in [0.29, 0.717) is 16.9 Å². The highest BCUT2D eigenvalue weighted by Gasteiger charge is 2.33. The summed E-state index contributed by atoms with van der Waals surface area (Å²) < 4.78 is 46.0. The van der Waals surface area contributed by atoms with Crippen LogP contribution in [0.1, 0.15) is 15.9 Å². The number of aromatic nitrogens is 2. The molecule has 0 atom stereocenters. The number of halogens is 3. The van der Waals surface area contributed by atoms with E-state index < -0.39 is 35.9 Å². The Bertz CT molecular complexity index is 1300. The van der Waals surface area contributed by atoms with Crippen LogP contribution in [-0.2, 0) is 15.7 Å². The van der Waals surface area contributed by atoms with Crippen molar-refractivity contribution in [1.29, 1.82) is 0 Å². The molecule has 172 valence electrons. The third kappa shape index (κ3) is 5.15. The summed E-state index contributed by atoms with van der Waals surface area (Å²) in [7, 11) is 0. The van der Waals surface area contributed by atoms with Gasteiger partial charge in [0.1, 0.15) is 11.3 Å². The van der Waals surface area contributed by atoms with Crippen LogP contribution in [0.25, 0.3) is 16.9 Å². The van der Waals surface area contributed by atoms with Gasteiger partial charge in [0.2, 0.25) is 0 Å². The lowest BCUT2D eigenvalue weighted by molar-refractivity contribution is -0.137. The molecule has 0 saturated heterocycles. The van der Waals surface area contributed by atoms with Gasteiger partial charge in [-0.25, -0.2) is 9.48 Å². The molecule has 0 aliphatic carbocycles. The van der Waals surface area contributed by atoms with Crippen molar-refractivity contribution >= 4 is 17.6 Å². The first-order chi connectivity index (χ1) is 16.3. The molecule has 34 heavy (non-hydrogen) atoms. The first-order valence-electron chi connectivity index (χ1n) is 10.2. The summed E-state index contributed by atoms with van der Waals surface area (Å²) in [6.07, 6.45) is -3.16. The van der Waals surface area contributed by atoms with Crippen molar-refractivity contribution in [3.8, 4) is 16.9 Å². The Morgan fingerprint density at radius 2 is 1.50 bits per heavy atom. The van der Waals surface area contributed by atoms with Crippen LogP contribution in [0.5, 0.6) is 0 Å². The molecule has 1 aromatic heterocycles. The number of hydrogen-bond donors (Lipinski definition) is 1. The third-order valence-electron chi connectivity index (χ3n) is 4.84. The van der Waals surface area contributed by atoms with Gasteiger partial charge >= 0.3 is 12.1 Å². The Kier molecular flexibility index (Phi) is 6.44. The number of nitrogens with one attached hydrogen (secondary N) is 1. The molecule has 1 heterocycles. The van der Waals surface area contributed by atoms with Crippen molar-refractivity contribution in [3.05, 3.63) is 102 Å². The molecule has 6 nitrogen and oxygen atoms in total. The number of benzene rings is 3. The minimum atomic E-state index is -4.64. The van der Waals surface area contributed by atoms with Crippen molar-refractivity contribution in [2.45, 2.75) is 6.18 Å². The van der Waals surface area contributed by atoms with Gasteiger partial charge in [0.05, 0.1) is 16.9 Å². The summed E-state index contributed by atoms with van der Waals surface area (Å²) in [4.78, 5) is 25.1. The Morgan fingerprint density at radius 1 is 0.882 bits per heavy atom. The van der Waals surface area contributed by atoms with E-state index in [1.807, 2.05) is 36.4 Å². The molecule has 3 aromatic carbocycles. The highest BCUT2D eigenvalue weighted by molar-refractivity contribution is 5.99. The maximum absolute atomic E-state index is 13.1. The molecule has 0 spiro atoms. The quantitative estimate of drug-likeness (QED) is 0.390. The Morgan fingerprint density at radius 3 is 2.18 bits per heavy atom. The topological polar surface area (TPSA) is 73.2 Å². The van der Waals surface area contributed by atoms with E-state index in [1.165, 1.54) is 23.0 Å². The van der Waals surface area contributed by atoms with Crippen LogP contribution in [0.2, 0.25) is 0 Å². The molecular formula is C25H18F3N3O3. The average Bonchev–Trinajstić information content (AvgIpc) is 3.29. The van der Waals surface area contributed by atoms with Crippen LogP contribution in [-0.4, -0.2) is 28.3 Å². The predicted molar refractivity (Wildman–Crippen MR) is 119 cm³/mol. The summed E-state index contributed by atoms with van der Waals surface area (Å²) in [5.41, 5.74) is 0.409. The molecule has 0 aliphatic heterocycles. The fourth-order valence-corrected chi connectivity index (χ4v) is 3.28. The van der Waals surface area contributed by atoms with Crippen molar-refractivity contribution in [3.63, 3.8) is 0 Å². The first-order valence-corrected chi connectivity index (χ1v) is 10.2. The molecule has 0 aliphatic rings. The third-order valence-corrected chi connectivity index (χ3v) is 4.84. The van der Waals surface area contributed by atoms with E-state index in [1.54, 1.807) is 24.3 Å². The van der Waals surface area contributed by atoms with Gasteiger partial charge in [0, 0.05) is 11.8 Å². The fourth-order valence-electron chi connectivity index (χ4n) is 3.28. The molecule has 0 unspecified atom stereocenters.